The van der Waals surface area contributed by atoms with Crippen LogP contribution in [0, 0.1) is 11.6 Å². The van der Waals surface area contributed by atoms with E-state index in [4.69, 9.17) is 9.57 Å². The second kappa shape index (κ2) is 6.59. The number of hydrazine groups is 1. The number of nitrogens with one attached hydrogen (secondary N) is 2. The van der Waals surface area contributed by atoms with Crippen molar-refractivity contribution in [2.24, 2.45) is 0 Å². The van der Waals surface area contributed by atoms with Gasteiger partial charge in [-0.05, 0) is 41.8 Å². The predicted molar refractivity (Wildman–Crippen MR) is 91.6 cm³/mol. The average Bonchev–Trinajstić information content (AvgIpc) is 3.17. The van der Waals surface area contributed by atoms with Crippen LogP contribution in [0.3, 0.4) is 0 Å². The lowest BCUT2D eigenvalue weighted by Gasteiger charge is -2.22. The van der Waals surface area contributed by atoms with Crippen LogP contribution in [0.1, 0.15) is 22.7 Å². The summed E-state index contributed by atoms with van der Waals surface area (Å²) in [6, 6.07) is 9.70. The van der Waals surface area contributed by atoms with Crippen LogP contribution in [0.5, 0.6) is 5.75 Å². The molecule has 7 heteroatoms. The molecular weight excluding hydrogens is 340 g/mol. The molecule has 0 radical (unpaired) electrons. The Hall–Kier alpha value is -2.64. The Morgan fingerprint density at radius 3 is 2.65 bits per heavy atom. The molecule has 0 aromatic heterocycles. The molecule has 1 unspecified atom stereocenters. The molecular formula is C19H19F2N3O2. The Bertz CT molecular complexity index is 865. The van der Waals surface area contributed by atoms with Crippen LogP contribution in [-0.2, 0) is 17.8 Å². The second-order valence-electron chi connectivity index (χ2n) is 6.22. The first kappa shape index (κ1) is 16.8. The quantitative estimate of drug-likeness (QED) is 0.860. The van der Waals surface area contributed by atoms with Crippen LogP contribution in [0.2, 0.25) is 0 Å². The molecule has 0 amide bonds. The Labute approximate surface area is 150 Å². The fraction of sp³-hybridized carbons (Fsp3) is 0.263. The fourth-order valence-electron chi connectivity index (χ4n) is 3.54. The molecule has 26 heavy (non-hydrogen) atoms. The molecule has 2 aromatic carbocycles. The molecule has 0 spiro atoms. The van der Waals surface area contributed by atoms with Crippen LogP contribution in [0.4, 0.5) is 8.78 Å². The van der Waals surface area contributed by atoms with Gasteiger partial charge < -0.3 is 10.1 Å². The molecule has 5 nitrogen and oxygen atoms in total. The number of halogens is 2. The van der Waals surface area contributed by atoms with Crippen LogP contribution in [0.25, 0.3) is 0 Å². The van der Waals surface area contributed by atoms with Crippen molar-refractivity contribution in [2.45, 2.75) is 19.0 Å². The molecule has 2 aliphatic rings. The van der Waals surface area contributed by atoms with E-state index in [1.54, 1.807) is 19.4 Å². The Morgan fingerprint density at radius 1 is 1.19 bits per heavy atom. The number of hydrogen-bond acceptors (Lipinski definition) is 5. The molecule has 0 fully saturated rings. The summed E-state index contributed by atoms with van der Waals surface area (Å²) in [5, 5.41) is 4.75. The summed E-state index contributed by atoms with van der Waals surface area (Å²) in [5.74, 6) is 0.361. The monoisotopic (exact) mass is 359 g/mol. The predicted octanol–water partition coefficient (Wildman–Crippen LogP) is 2.95. The lowest BCUT2D eigenvalue weighted by molar-refractivity contribution is -0.176. The SMILES string of the molecule is COc1ccc2c(c1)CC1=C(NCc3c(F)cccc3F)NN(OC)C12. The standard InChI is InChI=1S/C19H19F2N3O2/c1-25-12-6-7-13-11(8-12)9-14-18(13)24(26-2)23-19(14)22-10-15-16(20)4-3-5-17(15)21/h3-8,18,22-23H,9-10H2,1-2H3. The van der Waals surface area contributed by atoms with Gasteiger partial charge in [0.1, 0.15) is 29.2 Å². The van der Waals surface area contributed by atoms with E-state index >= 15 is 0 Å². The van der Waals surface area contributed by atoms with Crippen molar-refractivity contribution in [3.8, 4) is 5.75 Å². The normalized spacial score (nSPS) is 18.5. The zero-order valence-corrected chi connectivity index (χ0v) is 14.5. The summed E-state index contributed by atoms with van der Waals surface area (Å²) < 4.78 is 33.0. The molecule has 2 N–H and O–H groups in total. The van der Waals surface area contributed by atoms with Gasteiger partial charge in [-0.1, -0.05) is 17.3 Å². The number of hydrogen-bond donors (Lipinski definition) is 2. The van der Waals surface area contributed by atoms with Gasteiger partial charge in [0.05, 0.1) is 14.2 Å². The van der Waals surface area contributed by atoms with Crippen molar-refractivity contribution in [1.29, 1.82) is 0 Å². The van der Waals surface area contributed by atoms with E-state index in [9.17, 15) is 8.78 Å². The Kier molecular flexibility index (Phi) is 4.26. The van der Waals surface area contributed by atoms with E-state index in [0.717, 1.165) is 22.4 Å². The van der Waals surface area contributed by atoms with Crippen LogP contribution in [-0.4, -0.2) is 19.4 Å². The highest BCUT2D eigenvalue weighted by Gasteiger charge is 2.40. The van der Waals surface area contributed by atoms with E-state index < -0.39 is 11.6 Å². The minimum absolute atomic E-state index is 0.00648. The number of fused-ring (bicyclic) bond motifs is 3. The molecule has 1 aliphatic carbocycles. The summed E-state index contributed by atoms with van der Waals surface area (Å²) in [6.07, 6.45) is 0.701. The highest BCUT2D eigenvalue weighted by atomic mass is 19.1. The summed E-state index contributed by atoms with van der Waals surface area (Å²) >= 11 is 0. The summed E-state index contributed by atoms with van der Waals surface area (Å²) in [4.78, 5) is 5.43. The van der Waals surface area contributed by atoms with Gasteiger partial charge in [0, 0.05) is 17.7 Å². The maximum atomic E-state index is 13.9. The number of rotatable bonds is 5. The summed E-state index contributed by atoms with van der Waals surface area (Å²) in [6.45, 7) is 0.0360. The van der Waals surface area contributed by atoms with Gasteiger partial charge in [0.15, 0.2) is 0 Å². The van der Waals surface area contributed by atoms with E-state index in [-0.39, 0.29) is 18.2 Å². The maximum absolute atomic E-state index is 13.9. The van der Waals surface area contributed by atoms with Crippen molar-refractivity contribution in [2.75, 3.05) is 14.2 Å². The highest BCUT2D eigenvalue weighted by Crippen LogP contribution is 2.44. The molecule has 0 saturated carbocycles. The van der Waals surface area contributed by atoms with Gasteiger partial charge >= 0.3 is 0 Å². The van der Waals surface area contributed by atoms with E-state index in [0.29, 0.717) is 12.2 Å². The zero-order chi connectivity index (χ0) is 18.3. The lowest BCUT2D eigenvalue weighted by atomic mass is 10.1. The molecule has 1 aliphatic heterocycles. The number of hydroxylamine groups is 1. The first-order chi connectivity index (χ1) is 12.6. The molecule has 0 bridgehead atoms. The zero-order valence-electron chi connectivity index (χ0n) is 14.5. The number of nitrogens with zero attached hydrogens (tertiary/aromatic N) is 1. The third-order valence-electron chi connectivity index (χ3n) is 4.83. The number of benzene rings is 2. The first-order valence-electron chi connectivity index (χ1n) is 8.29. The van der Waals surface area contributed by atoms with Crippen LogP contribution < -0.4 is 15.5 Å². The number of methoxy groups -OCH3 is 1. The average molecular weight is 359 g/mol. The fourth-order valence-corrected chi connectivity index (χ4v) is 3.54. The minimum atomic E-state index is -0.569. The summed E-state index contributed by atoms with van der Waals surface area (Å²) in [5.41, 5.74) is 6.45. The van der Waals surface area contributed by atoms with Crippen LogP contribution >= 0.6 is 0 Å². The molecule has 4 rings (SSSR count). The third kappa shape index (κ3) is 2.69. The van der Waals surface area contributed by atoms with Gasteiger partial charge in [0.2, 0.25) is 0 Å². The molecule has 1 heterocycles. The van der Waals surface area contributed by atoms with Crippen molar-refractivity contribution in [3.63, 3.8) is 0 Å². The van der Waals surface area contributed by atoms with E-state index in [1.807, 2.05) is 18.2 Å². The summed E-state index contributed by atoms with van der Waals surface area (Å²) in [7, 11) is 3.21. The largest absolute Gasteiger partial charge is 0.497 e. The highest BCUT2D eigenvalue weighted by molar-refractivity contribution is 5.50. The molecule has 0 saturated heterocycles. The van der Waals surface area contributed by atoms with Crippen molar-refractivity contribution in [3.05, 3.63) is 76.1 Å². The third-order valence-corrected chi connectivity index (χ3v) is 4.83. The topological polar surface area (TPSA) is 45.8 Å². The first-order valence-corrected chi connectivity index (χ1v) is 8.29. The van der Waals surface area contributed by atoms with E-state index in [2.05, 4.69) is 10.7 Å². The van der Waals surface area contributed by atoms with Gasteiger partial charge in [0.25, 0.3) is 0 Å². The van der Waals surface area contributed by atoms with Gasteiger partial charge in [-0.25, -0.2) is 8.78 Å². The lowest BCUT2D eigenvalue weighted by Crippen LogP contribution is -2.36. The Balaban J connectivity index is 1.62. The smallest absolute Gasteiger partial charge is 0.131 e. The molecule has 136 valence electrons. The maximum Gasteiger partial charge on any atom is 0.131 e. The minimum Gasteiger partial charge on any atom is -0.497 e. The van der Waals surface area contributed by atoms with Crippen LogP contribution in [0.15, 0.2) is 47.8 Å². The van der Waals surface area contributed by atoms with E-state index in [1.165, 1.54) is 18.2 Å². The van der Waals surface area contributed by atoms with Gasteiger partial charge in [-0.15, -0.1) is 0 Å². The van der Waals surface area contributed by atoms with Crippen molar-refractivity contribution >= 4 is 0 Å². The van der Waals surface area contributed by atoms with Gasteiger partial charge in [-0.2, -0.15) is 0 Å². The molecule has 2 aromatic rings. The molecule has 1 atom stereocenters. The Morgan fingerprint density at radius 2 is 1.96 bits per heavy atom. The van der Waals surface area contributed by atoms with Crippen molar-refractivity contribution < 1.29 is 18.4 Å². The second-order valence-corrected chi connectivity index (χ2v) is 6.22. The van der Waals surface area contributed by atoms with Crippen molar-refractivity contribution in [1.82, 2.24) is 15.9 Å². The van der Waals surface area contributed by atoms with Gasteiger partial charge in [-0.3, -0.25) is 10.3 Å². The number of ether oxygens (including phenoxy) is 1.